The number of piperidine rings is 1. The second-order valence-electron chi connectivity index (χ2n) is 5.96. The molecule has 0 radical (unpaired) electrons. The van der Waals surface area contributed by atoms with E-state index in [4.69, 9.17) is 0 Å². The van der Waals surface area contributed by atoms with E-state index in [-0.39, 0.29) is 0 Å². The van der Waals surface area contributed by atoms with Crippen molar-refractivity contribution < 1.29 is 0 Å². The van der Waals surface area contributed by atoms with Crippen LogP contribution in [0.15, 0.2) is 12.5 Å². The van der Waals surface area contributed by atoms with Crippen LogP contribution in [0.25, 0.3) is 0 Å². The van der Waals surface area contributed by atoms with Crippen molar-refractivity contribution in [3.63, 3.8) is 0 Å². The molecule has 1 atom stereocenters. The van der Waals surface area contributed by atoms with Crippen molar-refractivity contribution >= 4 is 0 Å². The van der Waals surface area contributed by atoms with Gasteiger partial charge in [0.15, 0.2) is 0 Å². The lowest BCUT2D eigenvalue weighted by atomic mass is 9.98. The third-order valence-corrected chi connectivity index (χ3v) is 4.12. The standard InChI is InChI=1S/C14H24N4/c1-17-6-2-3-12(9-17)10-18-11-15-7-14(18)8-16-13-4-5-13/h7,11-13,16H,2-6,8-10H2,1H3. The summed E-state index contributed by atoms with van der Waals surface area (Å²) in [5.74, 6) is 0.789. The third-order valence-electron chi connectivity index (χ3n) is 4.12. The molecule has 2 aliphatic rings. The summed E-state index contributed by atoms with van der Waals surface area (Å²) >= 11 is 0. The van der Waals surface area contributed by atoms with Gasteiger partial charge in [0.1, 0.15) is 0 Å². The number of likely N-dealkylation sites (tertiary alicyclic amines) is 1. The van der Waals surface area contributed by atoms with Crippen LogP contribution in [0.1, 0.15) is 31.4 Å². The molecular formula is C14H24N4. The van der Waals surface area contributed by atoms with Crippen LogP contribution in [0.4, 0.5) is 0 Å². The SMILES string of the molecule is CN1CCCC(Cn2cncc2CNC2CC2)C1. The van der Waals surface area contributed by atoms with Gasteiger partial charge in [-0.1, -0.05) is 0 Å². The summed E-state index contributed by atoms with van der Waals surface area (Å²) in [6, 6.07) is 0.772. The molecule has 2 fully saturated rings. The van der Waals surface area contributed by atoms with Crippen LogP contribution in [0, 0.1) is 5.92 Å². The zero-order valence-corrected chi connectivity index (χ0v) is 11.3. The Labute approximate surface area is 109 Å². The van der Waals surface area contributed by atoms with E-state index >= 15 is 0 Å². The molecular weight excluding hydrogens is 224 g/mol. The second-order valence-corrected chi connectivity index (χ2v) is 5.96. The van der Waals surface area contributed by atoms with Crippen molar-refractivity contribution in [2.75, 3.05) is 20.1 Å². The summed E-state index contributed by atoms with van der Waals surface area (Å²) in [6.07, 6.45) is 9.41. The van der Waals surface area contributed by atoms with E-state index in [1.165, 1.54) is 44.5 Å². The lowest BCUT2D eigenvalue weighted by Crippen LogP contribution is -2.34. The minimum Gasteiger partial charge on any atom is -0.333 e. The first-order valence-corrected chi connectivity index (χ1v) is 7.22. The molecule has 4 nitrogen and oxygen atoms in total. The lowest BCUT2D eigenvalue weighted by Gasteiger charge is -2.30. The second kappa shape index (κ2) is 5.41. The van der Waals surface area contributed by atoms with Gasteiger partial charge in [-0.25, -0.2) is 4.98 Å². The molecule has 3 rings (SSSR count). The Bertz CT molecular complexity index is 383. The van der Waals surface area contributed by atoms with E-state index in [1.54, 1.807) is 0 Å². The van der Waals surface area contributed by atoms with Gasteiger partial charge in [0.2, 0.25) is 0 Å². The quantitative estimate of drug-likeness (QED) is 0.857. The van der Waals surface area contributed by atoms with E-state index in [0.29, 0.717) is 0 Å². The van der Waals surface area contributed by atoms with Gasteiger partial charge in [0.05, 0.1) is 12.0 Å². The van der Waals surface area contributed by atoms with E-state index in [9.17, 15) is 0 Å². The van der Waals surface area contributed by atoms with Crippen molar-refractivity contribution in [3.05, 3.63) is 18.2 Å². The Morgan fingerprint density at radius 3 is 3.06 bits per heavy atom. The number of imidazole rings is 1. The monoisotopic (exact) mass is 248 g/mol. The van der Waals surface area contributed by atoms with Gasteiger partial charge in [-0.05, 0) is 45.2 Å². The van der Waals surface area contributed by atoms with Crippen LogP contribution < -0.4 is 5.32 Å². The van der Waals surface area contributed by atoms with E-state index < -0.39 is 0 Å². The topological polar surface area (TPSA) is 33.1 Å². The highest BCUT2D eigenvalue weighted by Crippen LogP contribution is 2.20. The van der Waals surface area contributed by atoms with Gasteiger partial charge in [-0.2, -0.15) is 0 Å². The van der Waals surface area contributed by atoms with Crippen molar-refractivity contribution in [2.45, 2.75) is 44.8 Å². The number of hydrogen-bond acceptors (Lipinski definition) is 3. The number of rotatable bonds is 5. The van der Waals surface area contributed by atoms with Crippen molar-refractivity contribution in [3.8, 4) is 0 Å². The highest BCUT2D eigenvalue weighted by Gasteiger charge is 2.21. The van der Waals surface area contributed by atoms with E-state index in [0.717, 1.165) is 25.0 Å². The average molecular weight is 248 g/mol. The Hall–Kier alpha value is -0.870. The molecule has 1 aliphatic heterocycles. The summed E-state index contributed by atoms with van der Waals surface area (Å²) in [5, 5.41) is 3.57. The van der Waals surface area contributed by atoms with Gasteiger partial charge in [-0.3, -0.25) is 0 Å². The molecule has 0 spiro atoms. The molecule has 1 aromatic heterocycles. The molecule has 0 bridgehead atoms. The first kappa shape index (κ1) is 12.2. The summed E-state index contributed by atoms with van der Waals surface area (Å²) < 4.78 is 2.35. The molecule has 1 aliphatic carbocycles. The molecule has 4 heteroatoms. The Morgan fingerprint density at radius 2 is 2.28 bits per heavy atom. The molecule has 0 amide bonds. The molecule has 1 saturated carbocycles. The van der Waals surface area contributed by atoms with Gasteiger partial charge in [0, 0.05) is 31.9 Å². The van der Waals surface area contributed by atoms with Crippen molar-refractivity contribution in [2.24, 2.45) is 5.92 Å². The first-order chi connectivity index (χ1) is 8.81. The molecule has 0 aromatic carbocycles. The highest BCUT2D eigenvalue weighted by molar-refractivity contribution is 5.00. The van der Waals surface area contributed by atoms with Crippen LogP contribution >= 0.6 is 0 Å². The minimum absolute atomic E-state index is 0.772. The predicted octanol–water partition coefficient (Wildman–Crippen LogP) is 1.48. The highest BCUT2D eigenvalue weighted by atomic mass is 15.1. The lowest BCUT2D eigenvalue weighted by molar-refractivity contribution is 0.193. The smallest absolute Gasteiger partial charge is 0.0948 e. The Balaban J connectivity index is 1.55. The summed E-state index contributed by atoms with van der Waals surface area (Å²) in [6.45, 7) is 4.60. The molecule has 1 unspecified atom stereocenters. The summed E-state index contributed by atoms with van der Waals surface area (Å²) in [5.41, 5.74) is 1.34. The van der Waals surface area contributed by atoms with Gasteiger partial charge < -0.3 is 14.8 Å². The third kappa shape index (κ3) is 3.12. The Morgan fingerprint density at radius 1 is 1.39 bits per heavy atom. The molecule has 1 saturated heterocycles. The number of nitrogens with zero attached hydrogens (tertiary/aromatic N) is 3. The van der Waals surface area contributed by atoms with Crippen LogP contribution in [0.3, 0.4) is 0 Å². The predicted molar refractivity (Wildman–Crippen MR) is 72.3 cm³/mol. The van der Waals surface area contributed by atoms with Gasteiger partial charge in [0.25, 0.3) is 0 Å². The average Bonchev–Trinajstić information content (AvgIpc) is 3.08. The maximum Gasteiger partial charge on any atom is 0.0948 e. The van der Waals surface area contributed by atoms with Crippen LogP contribution in [0.5, 0.6) is 0 Å². The molecule has 2 heterocycles. The van der Waals surface area contributed by atoms with Crippen LogP contribution in [-0.2, 0) is 13.1 Å². The summed E-state index contributed by atoms with van der Waals surface area (Å²) in [4.78, 5) is 6.77. The fourth-order valence-electron chi connectivity index (χ4n) is 2.90. The maximum atomic E-state index is 4.31. The van der Waals surface area contributed by atoms with Crippen LogP contribution in [-0.4, -0.2) is 40.6 Å². The molecule has 100 valence electrons. The van der Waals surface area contributed by atoms with Gasteiger partial charge >= 0.3 is 0 Å². The fourth-order valence-corrected chi connectivity index (χ4v) is 2.90. The van der Waals surface area contributed by atoms with Crippen molar-refractivity contribution in [1.29, 1.82) is 0 Å². The number of aromatic nitrogens is 2. The van der Waals surface area contributed by atoms with Gasteiger partial charge in [-0.15, -0.1) is 0 Å². The van der Waals surface area contributed by atoms with Crippen molar-refractivity contribution in [1.82, 2.24) is 19.8 Å². The summed E-state index contributed by atoms with van der Waals surface area (Å²) in [7, 11) is 2.23. The largest absolute Gasteiger partial charge is 0.333 e. The van der Waals surface area contributed by atoms with Crippen LogP contribution in [0.2, 0.25) is 0 Å². The zero-order valence-electron chi connectivity index (χ0n) is 11.3. The first-order valence-electron chi connectivity index (χ1n) is 7.22. The van der Waals surface area contributed by atoms with E-state index in [1.807, 2.05) is 12.5 Å². The normalized spacial score (nSPS) is 25.5. The number of nitrogens with one attached hydrogen (secondary N) is 1. The van der Waals surface area contributed by atoms with E-state index in [2.05, 4.69) is 26.8 Å². The molecule has 1 aromatic rings. The zero-order chi connectivity index (χ0) is 12.4. The minimum atomic E-state index is 0.772. The fraction of sp³-hybridized carbons (Fsp3) is 0.786. The maximum absolute atomic E-state index is 4.31. The Kier molecular flexibility index (Phi) is 3.66. The molecule has 1 N–H and O–H groups in total. The number of hydrogen-bond donors (Lipinski definition) is 1. The molecule has 18 heavy (non-hydrogen) atoms.